The van der Waals surface area contributed by atoms with Crippen molar-refractivity contribution >= 4 is 22.7 Å². The van der Waals surface area contributed by atoms with E-state index in [0.29, 0.717) is 0 Å². The van der Waals surface area contributed by atoms with Gasteiger partial charge < -0.3 is 14.6 Å². The van der Waals surface area contributed by atoms with E-state index >= 15 is 0 Å². The first-order valence-corrected chi connectivity index (χ1v) is 8.59. The second-order valence-electron chi connectivity index (χ2n) is 6.28. The maximum Gasteiger partial charge on any atom is 0.165 e. The summed E-state index contributed by atoms with van der Waals surface area (Å²) in [5.74, 6) is 0.735. The first-order valence-electron chi connectivity index (χ1n) is 8.59. The number of rotatable bonds is 5. The average molecular weight is 338 g/mol. The maximum atomic E-state index is 5.40. The highest BCUT2D eigenvalue weighted by Crippen LogP contribution is 2.22. The fraction of sp³-hybridized carbons (Fsp3) is 0.389. The molecule has 0 spiro atoms. The Kier molecular flexibility index (Phi) is 4.58. The Morgan fingerprint density at radius 1 is 1.04 bits per heavy atom. The van der Waals surface area contributed by atoms with Crippen LogP contribution in [0.5, 0.6) is 0 Å². The Morgan fingerprint density at radius 2 is 1.84 bits per heavy atom. The summed E-state index contributed by atoms with van der Waals surface area (Å²) >= 11 is 0. The van der Waals surface area contributed by atoms with Crippen molar-refractivity contribution in [2.75, 3.05) is 38.2 Å². The van der Waals surface area contributed by atoms with E-state index in [9.17, 15) is 0 Å². The van der Waals surface area contributed by atoms with Crippen molar-refractivity contribution in [3.05, 3.63) is 42.5 Å². The van der Waals surface area contributed by atoms with Crippen LogP contribution in [0.25, 0.3) is 11.2 Å². The van der Waals surface area contributed by atoms with E-state index in [-0.39, 0.29) is 0 Å². The van der Waals surface area contributed by atoms with Gasteiger partial charge in [0.2, 0.25) is 0 Å². The fourth-order valence-corrected chi connectivity index (χ4v) is 2.98. The average Bonchev–Trinajstić information content (AvgIpc) is 3.07. The summed E-state index contributed by atoms with van der Waals surface area (Å²) in [7, 11) is 0. The Morgan fingerprint density at radius 3 is 2.64 bits per heavy atom. The van der Waals surface area contributed by atoms with Gasteiger partial charge in [-0.25, -0.2) is 15.0 Å². The van der Waals surface area contributed by atoms with Crippen LogP contribution in [0.1, 0.15) is 5.56 Å². The zero-order chi connectivity index (χ0) is 17.1. The summed E-state index contributed by atoms with van der Waals surface area (Å²) in [5, 5.41) is 3.34. The molecule has 7 nitrogen and oxygen atoms in total. The van der Waals surface area contributed by atoms with E-state index in [1.807, 2.05) is 18.5 Å². The lowest BCUT2D eigenvalue weighted by atomic mass is 10.2. The Bertz CT molecular complexity index is 838. The molecule has 1 fully saturated rings. The predicted molar refractivity (Wildman–Crippen MR) is 97.0 cm³/mol. The van der Waals surface area contributed by atoms with Crippen LogP contribution in [0, 0.1) is 6.92 Å². The number of aryl methyl sites for hydroxylation is 1. The number of nitrogens with one attached hydrogen (secondary N) is 1. The minimum atomic E-state index is 0.735. The van der Waals surface area contributed by atoms with E-state index in [1.165, 1.54) is 5.56 Å². The summed E-state index contributed by atoms with van der Waals surface area (Å²) in [6.07, 6.45) is 3.44. The maximum absolute atomic E-state index is 5.40. The third-order valence-corrected chi connectivity index (χ3v) is 4.48. The second kappa shape index (κ2) is 7.16. The molecule has 130 valence electrons. The molecule has 0 atom stereocenters. The van der Waals surface area contributed by atoms with Gasteiger partial charge in [0.05, 0.1) is 19.5 Å². The molecule has 1 aliphatic heterocycles. The van der Waals surface area contributed by atoms with Crippen LogP contribution in [-0.2, 0) is 11.3 Å². The van der Waals surface area contributed by atoms with Gasteiger partial charge in [-0.05, 0) is 19.1 Å². The molecule has 0 bridgehead atoms. The van der Waals surface area contributed by atoms with Crippen molar-refractivity contribution in [1.82, 2.24) is 24.4 Å². The third-order valence-electron chi connectivity index (χ3n) is 4.48. The lowest BCUT2D eigenvalue weighted by Crippen LogP contribution is -2.38. The highest BCUT2D eigenvalue weighted by molar-refractivity contribution is 5.85. The van der Waals surface area contributed by atoms with E-state index in [0.717, 1.165) is 62.1 Å². The van der Waals surface area contributed by atoms with Crippen LogP contribution in [0.15, 0.2) is 36.9 Å². The second-order valence-corrected chi connectivity index (χ2v) is 6.28. The van der Waals surface area contributed by atoms with Gasteiger partial charge in [-0.15, -0.1) is 0 Å². The van der Waals surface area contributed by atoms with Gasteiger partial charge in [0.25, 0.3) is 0 Å². The van der Waals surface area contributed by atoms with Crippen LogP contribution in [0.3, 0.4) is 0 Å². The molecule has 2 aromatic heterocycles. The summed E-state index contributed by atoms with van der Waals surface area (Å²) in [4.78, 5) is 15.7. The lowest BCUT2D eigenvalue weighted by molar-refractivity contribution is 0.0365. The van der Waals surface area contributed by atoms with Crippen LogP contribution >= 0.6 is 0 Å². The van der Waals surface area contributed by atoms with Crippen molar-refractivity contribution < 1.29 is 4.74 Å². The molecule has 1 saturated heterocycles. The lowest BCUT2D eigenvalue weighted by Gasteiger charge is -2.26. The first-order chi connectivity index (χ1) is 12.3. The van der Waals surface area contributed by atoms with Gasteiger partial charge in [0.15, 0.2) is 17.0 Å². The number of nitrogens with zero attached hydrogens (tertiary/aromatic N) is 5. The van der Waals surface area contributed by atoms with Gasteiger partial charge >= 0.3 is 0 Å². The molecule has 0 amide bonds. The molecule has 0 saturated carbocycles. The highest BCUT2D eigenvalue weighted by atomic mass is 16.5. The zero-order valence-electron chi connectivity index (χ0n) is 14.4. The van der Waals surface area contributed by atoms with Crippen molar-refractivity contribution in [3.8, 4) is 0 Å². The number of fused-ring (bicyclic) bond motifs is 1. The molecular weight excluding hydrogens is 316 g/mol. The molecule has 4 rings (SSSR count). The Hall–Kier alpha value is -2.51. The minimum absolute atomic E-state index is 0.735. The standard InChI is InChI=1S/C18H22N6O/c1-14-2-4-15(5-3-14)22-17-16-18(20-12-19-17)24(13-21-16)7-6-23-8-10-25-11-9-23/h2-5,12-13H,6-11H2,1H3,(H,19,20,22). The van der Waals surface area contributed by atoms with Gasteiger partial charge in [-0.1, -0.05) is 17.7 Å². The van der Waals surface area contributed by atoms with Gasteiger partial charge in [0, 0.05) is 31.9 Å². The number of anilines is 2. The molecule has 1 N–H and O–H groups in total. The molecule has 3 aromatic rings. The van der Waals surface area contributed by atoms with Crippen molar-refractivity contribution in [1.29, 1.82) is 0 Å². The number of aromatic nitrogens is 4. The topological polar surface area (TPSA) is 68.1 Å². The van der Waals surface area contributed by atoms with Gasteiger partial charge in [0.1, 0.15) is 6.33 Å². The fourth-order valence-electron chi connectivity index (χ4n) is 2.98. The molecule has 0 radical (unpaired) electrons. The van der Waals surface area contributed by atoms with Gasteiger partial charge in [-0.3, -0.25) is 4.90 Å². The smallest absolute Gasteiger partial charge is 0.165 e. The van der Waals surface area contributed by atoms with E-state index in [2.05, 4.69) is 48.8 Å². The molecule has 7 heteroatoms. The quantitative estimate of drug-likeness (QED) is 0.769. The largest absolute Gasteiger partial charge is 0.379 e. The number of ether oxygens (including phenoxy) is 1. The number of hydrogen-bond acceptors (Lipinski definition) is 6. The summed E-state index contributed by atoms with van der Waals surface area (Å²) < 4.78 is 7.49. The molecule has 25 heavy (non-hydrogen) atoms. The van der Waals surface area contributed by atoms with Gasteiger partial charge in [-0.2, -0.15) is 0 Å². The normalized spacial score (nSPS) is 15.6. The number of morpholine rings is 1. The van der Waals surface area contributed by atoms with Crippen LogP contribution in [0.2, 0.25) is 0 Å². The SMILES string of the molecule is Cc1ccc(Nc2ncnc3c2ncn3CCN2CCOCC2)cc1. The molecule has 0 aliphatic carbocycles. The van der Waals surface area contributed by atoms with E-state index in [4.69, 9.17) is 4.74 Å². The molecule has 1 aliphatic rings. The van der Waals surface area contributed by atoms with Crippen LogP contribution in [-0.4, -0.2) is 57.3 Å². The summed E-state index contributed by atoms with van der Waals surface area (Å²) in [5.41, 5.74) is 3.88. The summed E-state index contributed by atoms with van der Waals surface area (Å²) in [6.45, 7) is 7.51. The zero-order valence-corrected chi connectivity index (χ0v) is 14.4. The Labute approximate surface area is 146 Å². The third kappa shape index (κ3) is 3.62. The van der Waals surface area contributed by atoms with Crippen molar-refractivity contribution in [3.63, 3.8) is 0 Å². The van der Waals surface area contributed by atoms with Crippen LogP contribution < -0.4 is 5.32 Å². The van der Waals surface area contributed by atoms with Crippen molar-refractivity contribution in [2.24, 2.45) is 0 Å². The van der Waals surface area contributed by atoms with E-state index < -0.39 is 0 Å². The van der Waals surface area contributed by atoms with E-state index in [1.54, 1.807) is 6.33 Å². The number of benzene rings is 1. The molecular formula is C18H22N6O. The molecule has 0 unspecified atom stereocenters. The van der Waals surface area contributed by atoms with Crippen molar-refractivity contribution in [2.45, 2.75) is 13.5 Å². The molecule has 3 heterocycles. The number of imidazole rings is 1. The predicted octanol–water partition coefficient (Wildman–Crippen LogP) is 2.21. The Balaban J connectivity index is 1.52. The molecule has 1 aromatic carbocycles. The monoisotopic (exact) mass is 338 g/mol. The number of hydrogen-bond donors (Lipinski definition) is 1. The highest BCUT2D eigenvalue weighted by Gasteiger charge is 2.13. The summed E-state index contributed by atoms with van der Waals surface area (Å²) in [6, 6.07) is 8.22. The minimum Gasteiger partial charge on any atom is -0.379 e. The first kappa shape index (κ1) is 16.0. The van der Waals surface area contributed by atoms with Crippen LogP contribution in [0.4, 0.5) is 11.5 Å².